The number of hydrogen-bond acceptors (Lipinski definition) is 8. The lowest BCUT2D eigenvalue weighted by atomic mass is 10.2. The zero-order valence-electron chi connectivity index (χ0n) is 16.8. The third-order valence-electron chi connectivity index (χ3n) is 4.59. The van der Waals surface area contributed by atoms with Gasteiger partial charge in [0.1, 0.15) is 4.21 Å². The van der Waals surface area contributed by atoms with Gasteiger partial charge in [0.25, 0.3) is 11.6 Å². The monoisotopic (exact) mass is 460 g/mol. The van der Waals surface area contributed by atoms with E-state index in [4.69, 9.17) is 0 Å². The summed E-state index contributed by atoms with van der Waals surface area (Å²) in [6, 6.07) is 11.7. The molecule has 0 saturated carbocycles. The number of benzene rings is 2. The molecule has 0 unspecified atom stereocenters. The first kappa shape index (κ1) is 22.4. The van der Waals surface area contributed by atoms with Crippen LogP contribution < -0.4 is 10.2 Å². The lowest BCUT2D eigenvalue weighted by Gasteiger charge is -2.20. The second-order valence-electron chi connectivity index (χ2n) is 6.41. The molecule has 162 valence electrons. The molecule has 31 heavy (non-hydrogen) atoms. The van der Waals surface area contributed by atoms with Gasteiger partial charge in [-0.25, -0.2) is 13.4 Å². The van der Waals surface area contributed by atoms with Crippen LogP contribution in [0.3, 0.4) is 0 Å². The molecule has 0 spiro atoms. The van der Waals surface area contributed by atoms with E-state index < -0.39 is 20.7 Å². The van der Waals surface area contributed by atoms with E-state index in [-0.39, 0.29) is 19.9 Å². The van der Waals surface area contributed by atoms with Crippen molar-refractivity contribution in [1.82, 2.24) is 4.98 Å². The average molecular weight is 461 g/mol. The van der Waals surface area contributed by atoms with Crippen molar-refractivity contribution < 1.29 is 18.1 Å². The number of carbonyl (C=O) groups is 1. The van der Waals surface area contributed by atoms with Crippen LogP contribution in [0.5, 0.6) is 0 Å². The van der Waals surface area contributed by atoms with Gasteiger partial charge >= 0.3 is 0 Å². The van der Waals surface area contributed by atoms with Crippen LogP contribution >= 0.6 is 11.3 Å². The Morgan fingerprint density at radius 2 is 1.71 bits per heavy atom. The quantitative estimate of drug-likeness (QED) is 0.398. The summed E-state index contributed by atoms with van der Waals surface area (Å²) in [7, 11) is -3.91. The summed E-state index contributed by atoms with van der Waals surface area (Å²) >= 11 is 0.810. The topological polar surface area (TPSA) is 123 Å². The highest BCUT2D eigenvalue weighted by Gasteiger charge is 2.22. The lowest BCUT2D eigenvalue weighted by Crippen LogP contribution is -2.21. The number of thiazole rings is 1. The molecule has 1 amide bonds. The van der Waals surface area contributed by atoms with Gasteiger partial charge in [-0.1, -0.05) is 11.3 Å². The van der Waals surface area contributed by atoms with Crippen LogP contribution in [0, 0.1) is 10.1 Å². The van der Waals surface area contributed by atoms with Gasteiger partial charge in [-0.15, -0.1) is 0 Å². The highest BCUT2D eigenvalue weighted by atomic mass is 32.2. The smallest absolute Gasteiger partial charge is 0.269 e. The standard InChI is InChI=1S/C20H20N4O5S2/c1-3-23(4-2)15-7-5-14(6-8-15)19(25)22-20-21-13-18(30-20)31(28,29)17-11-9-16(10-12-17)24(26)27/h5-13H,3-4H2,1-2H3,(H,21,22,25). The number of rotatable bonds is 8. The Bertz CT molecular complexity index is 1190. The zero-order valence-corrected chi connectivity index (χ0v) is 18.4. The zero-order chi connectivity index (χ0) is 22.6. The van der Waals surface area contributed by atoms with Crippen molar-refractivity contribution in [3.05, 3.63) is 70.4 Å². The number of nitrogens with zero attached hydrogens (tertiary/aromatic N) is 3. The normalized spacial score (nSPS) is 11.2. The largest absolute Gasteiger partial charge is 0.372 e. The summed E-state index contributed by atoms with van der Waals surface area (Å²) in [5.41, 5.74) is 1.22. The fourth-order valence-electron chi connectivity index (χ4n) is 2.89. The van der Waals surface area contributed by atoms with Crippen molar-refractivity contribution in [2.24, 2.45) is 0 Å². The molecule has 0 aliphatic carbocycles. The first-order valence-electron chi connectivity index (χ1n) is 9.38. The van der Waals surface area contributed by atoms with Gasteiger partial charge in [0.15, 0.2) is 5.13 Å². The van der Waals surface area contributed by atoms with Gasteiger partial charge in [-0.3, -0.25) is 20.2 Å². The molecule has 1 heterocycles. The molecule has 1 aromatic heterocycles. The van der Waals surface area contributed by atoms with Gasteiger partial charge < -0.3 is 4.90 Å². The number of nitro groups is 1. The first-order chi connectivity index (χ1) is 14.8. The highest BCUT2D eigenvalue weighted by molar-refractivity contribution is 7.93. The number of amides is 1. The lowest BCUT2D eigenvalue weighted by molar-refractivity contribution is -0.384. The number of non-ortho nitro benzene ring substituents is 1. The maximum atomic E-state index is 12.7. The van der Waals surface area contributed by atoms with Gasteiger partial charge in [0, 0.05) is 36.5 Å². The number of sulfone groups is 1. The SMILES string of the molecule is CCN(CC)c1ccc(C(=O)Nc2ncc(S(=O)(=O)c3ccc([N+](=O)[O-])cc3)s2)cc1. The van der Waals surface area contributed by atoms with E-state index in [2.05, 4.69) is 29.0 Å². The predicted octanol–water partition coefficient (Wildman–Crippen LogP) is 3.98. The summed E-state index contributed by atoms with van der Waals surface area (Å²) < 4.78 is 25.4. The molecule has 11 heteroatoms. The molecule has 0 radical (unpaired) electrons. The maximum absolute atomic E-state index is 12.7. The van der Waals surface area contributed by atoms with Crippen LogP contribution in [0.2, 0.25) is 0 Å². The summed E-state index contributed by atoms with van der Waals surface area (Å²) in [4.78, 5) is 28.7. The van der Waals surface area contributed by atoms with E-state index in [9.17, 15) is 23.3 Å². The van der Waals surface area contributed by atoms with Crippen LogP contribution in [0.15, 0.2) is 63.8 Å². The summed E-state index contributed by atoms with van der Waals surface area (Å²) in [6.45, 7) is 5.81. The third kappa shape index (κ3) is 4.89. The van der Waals surface area contributed by atoms with Gasteiger partial charge in [0.05, 0.1) is 16.0 Å². The number of nitro benzene ring substituents is 1. The Hall–Kier alpha value is -3.31. The van der Waals surface area contributed by atoms with Gasteiger partial charge in [-0.2, -0.15) is 0 Å². The highest BCUT2D eigenvalue weighted by Crippen LogP contribution is 2.29. The molecule has 3 rings (SSSR count). The molecule has 0 atom stereocenters. The Kier molecular flexibility index (Phi) is 6.66. The van der Waals surface area contributed by atoms with E-state index in [1.807, 2.05) is 12.1 Å². The number of aromatic nitrogens is 1. The molecule has 0 aliphatic rings. The second-order valence-corrected chi connectivity index (χ2v) is 9.62. The van der Waals surface area contributed by atoms with Gasteiger partial charge in [0.2, 0.25) is 9.84 Å². The molecule has 1 N–H and O–H groups in total. The Balaban J connectivity index is 1.74. The van der Waals surface area contributed by atoms with E-state index in [0.29, 0.717) is 5.56 Å². The molecule has 0 aliphatic heterocycles. The van der Waals surface area contributed by atoms with E-state index >= 15 is 0 Å². The molecule has 0 saturated heterocycles. The van der Waals surface area contributed by atoms with Crippen molar-refractivity contribution in [2.75, 3.05) is 23.3 Å². The molecule has 0 bridgehead atoms. The minimum atomic E-state index is -3.91. The van der Waals surface area contributed by atoms with E-state index in [0.717, 1.165) is 48.4 Å². The molecule has 2 aromatic carbocycles. The van der Waals surface area contributed by atoms with Crippen molar-refractivity contribution in [3.8, 4) is 0 Å². The Labute approximate surface area is 183 Å². The number of hydrogen-bond donors (Lipinski definition) is 1. The maximum Gasteiger partial charge on any atom is 0.269 e. The number of carbonyl (C=O) groups excluding carboxylic acids is 1. The summed E-state index contributed by atoms with van der Waals surface area (Å²) in [5, 5.41) is 13.5. The van der Waals surface area contributed by atoms with Crippen molar-refractivity contribution in [2.45, 2.75) is 23.0 Å². The first-order valence-corrected chi connectivity index (χ1v) is 11.7. The predicted molar refractivity (Wildman–Crippen MR) is 119 cm³/mol. The van der Waals surface area contributed by atoms with Crippen molar-refractivity contribution >= 4 is 43.6 Å². The Morgan fingerprint density at radius 3 is 2.26 bits per heavy atom. The summed E-state index contributed by atoms with van der Waals surface area (Å²) in [6.07, 6.45) is 1.15. The molecule has 0 fully saturated rings. The minimum absolute atomic E-state index is 0.0754. The fourth-order valence-corrected chi connectivity index (χ4v) is 5.31. The molecular weight excluding hydrogens is 440 g/mol. The average Bonchev–Trinajstić information content (AvgIpc) is 3.24. The fraction of sp³-hybridized carbons (Fsp3) is 0.200. The van der Waals surface area contributed by atoms with Crippen molar-refractivity contribution in [1.29, 1.82) is 0 Å². The van der Waals surface area contributed by atoms with Gasteiger partial charge in [-0.05, 0) is 50.2 Å². The molecule has 3 aromatic rings. The van der Waals surface area contributed by atoms with Crippen LogP contribution in [0.4, 0.5) is 16.5 Å². The molecule has 9 nitrogen and oxygen atoms in total. The van der Waals surface area contributed by atoms with Crippen LogP contribution in [-0.4, -0.2) is 37.3 Å². The minimum Gasteiger partial charge on any atom is -0.372 e. The molecular formula is C20H20N4O5S2. The number of anilines is 2. The van der Waals surface area contributed by atoms with E-state index in [1.54, 1.807) is 12.1 Å². The second kappa shape index (κ2) is 9.23. The van der Waals surface area contributed by atoms with E-state index in [1.165, 1.54) is 12.1 Å². The van der Waals surface area contributed by atoms with Crippen LogP contribution in [-0.2, 0) is 9.84 Å². The Morgan fingerprint density at radius 1 is 1.10 bits per heavy atom. The van der Waals surface area contributed by atoms with Crippen LogP contribution in [0.25, 0.3) is 0 Å². The summed E-state index contributed by atoms with van der Waals surface area (Å²) in [5.74, 6) is -0.403. The number of nitrogens with one attached hydrogen (secondary N) is 1. The van der Waals surface area contributed by atoms with Crippen LogP contribution in [0.1, 0.15) is 24.2 Å². The third-order valence-corrected chi connectivity index (χ3v) is 7.73. The van der Waals surface area contributed by atoms with Crippen molar-refractivity contribution in [3.63, 3.8) is 0 Å².